The van der Waals surface area contributed by atoms with Gasteiger partial charge in [0.2, 0.25) is 5.91 Å². The van der Waals surface area contributed by atoms with Crippen LogP contribution in [-0.4, -0.2) is 35.6 Å². The van der Waals surface area contributed by atoms with Gasteiger partial charge in [-0.1, -0.05) is 31.2 Å². The van der Waals surface area contributed by atoms with Gasteiger partial charge in [-0.15, -0.1) is 0 Å². The molecule has 0 aliphatic carbocycles. The number of hydrogen-bond donors (Lipinski definition) is 1. The molecule has 0 spiro atoms. The first-order valence-corrected chi connectivity index (χ1v) is 9.88. The molecule has 5 nitrogen and oxygen atoms in total. The minimum absolute atomic E-state index is 0.0371. The molecule has 0 saturated carbocycles. The summed E-state index contributed by atoms with van der Waals surface area (Å²) in [6, 6.07) is 14.4. The van der Waals surface area contributed by atoms with E-state index in [4.69, 9.17) is 0 Å². The van der Waals surface area contributed by atoms with Gasteiger partial charge in [-0.2, -0.15) is 0 Å². The van der Waals surface area contributed by atoms with Crippen molar-refractivity contribution in [2.45, 2.75) is 39.0 Å². The van der Waals surface area contributed by atoms with Crippen LogP contribution in [0.4, 0.5) is 5.69 Å². The molecular weight excluding hydrogens is 352 g/mol. The number of ketones is 1. The van der Waals surface area contributed by atoms with Crippen molar-refractivity contribution >= 4 is 23.3 Å². The second-order valence-corrected chi connectivity index (χ2v) is 7.10. The molecule has 146 valence electrons. The Balaban J connectivity index is 1.48. The lowest BCUT2D eigenvalue weighted by molar-refractivity contribution is -0.116. The van der Waals surface area contributed by atoms with Gasteiger partial charge in [0.05, 0.1) is 0 Å². The highest BCUT2D eigenvalue weighted by atomic mass is 16.2. The summed E-state index contributed by atoms with van der Waals surface area (Å²) in [6.07, 6.45) is 3.34. The van der Waals surface area contributed by atoms with Gasteiger partial charge in [0, 0.05) is 42.7 Å². The first-order valence-electron chi connectivity index (χ1n) is 9.88. The molecule has 1 aliphatic rings. The van der Waals surface area contributed by atoms with E-state index in [1.165, 1.54) is 5.56 Å². The molecular formula is C23H26N2O3. The van der Waals surface area contributed by atoms with Crippen LogP contribution in [0.2, 0.25) is 0 Å². The molecule has 2 amide bonds. The van der Waals surface area contributed by atoms with Gasteiger partial charge < -0.3 is 10.2 Å². The van der Waals surface area contributed by atoms with Crippen molar-refractivity contribution in [1.82, 2.24) is 4.90 Å². The summed E-state index contributed by atoms with van der Waals surface area (Å²) >= 11 is 0. The smallest absolute Gasteiger partial charge is 0.253 e. The second kappa shape index (κ2) is 9.31. The third kappa shape index (κ3) is 5.06. The third-order valence-corrected chi connectivity index (χ3v) is 5.07. The SMILES string of the molecule is CCc1ccc(C(=O)CCC(=O)Nc2ccc(C(=O)N3CCCC3)cc2)cc1. The summed E-state index contributed by atoms with van der Waals surface area (Å²) in [5.41, 5.74) is 3.07. The Bertz CT molecular complexity index is 835. The number of carbonyl (C=O) groups excluding carboxylic acids is 3. The van der Waals surface area contributed by atoms with Gasteiger partial charge in [-0.25, -0.2) is 0 Å². The van der Waals surface area contributed by atoms with E-state index in [0.717, 1.165) is 32.4 Å². The number of hydrogen-bond acceptors (Lipinski definition) is 3. The molecule has 1 N–H and O–H groups in total. The first-order chi connectivity index (χ1) is 13.6. The van der Waals surface area contributed by atoms with Crippen LogP contribution in [0.15, 0.2) is 48.5 Å². The highest BCUT2D eigenvalue weighted by Gasteiger charge is 2.19. The molecule has 0 bridgehead atoms. The maximum Gasteiger partial charge on any atom is 0.253 e. The van der Waals surface area contributed by atoms with Crippen LogP contribution in [0.3, 0.4) is 0 Å². The largest absolute Gasteiger partial charge is 0.339 e. The molecule has 0 aromatic heterocycles. The molecule has 1 aliphatic heterocycles. The predicted octanol–water partition coefficient (Wildman–Crippen LogP) is 4.09. The Kier molecular flexibility index (Phi) is 6.58. The summed E-state index contributed by atoms with van der Waals surface area (Å²) in [7, 11) is 0. The average Bonchev–Trinajstić information content (AvgIpc) is 3.27. The Hall–Kier alpha value is -2.95. The van der Waals surface area contributed by atoms with Crippen LogP contribution in [-0.2, 0) is 11.2 Å². The summed E-state index contributed by atoms with van der Waals surface area (Å²) in [5.74, 6) is -0.212. The number of amides is 2. The van der Waals surface area contributed by atoms with E-state index in [1.54, 1.807) is 24.3 Å². The molecule has 0 atom stereocenters. The van der Waals surface area contributed by atoms with Crippen molar-refractivity contribution in [3.8, 4) is 0 Å². The van der Waals surface area contributed by atoms with Gasteiger partial charge in [0.15, 0.2) is 5.78 Å². The van der Waals surface area contributed by atoms with E-state index in [1.807, 2.05) is 29.2 Å². The zero-order valence-corrected chi connectivity index (χ0v) is 16.2. The Labute approximate surface area is 165 Å². The molecule has 2 aromatic carbocycles. The quantitative estimate of drug-likeness (QED) is 0.738. The highest BCUT2D eigenvalue weighted by molar-refractivity contribution is 6.00. The van der Waals surface area contributed by atoms with Gasteiger partial charge in [0.1, 0.15) is 0 Å². The molecule has 1 fully saturated rings. The number of Topliss-reactive ketones (excluding diaryl/α,β-unsaturated/α-hetero) is 1. The fraction of sp³-hybridized carbons (Fsp3) is 0.348. The minimum atomic E-state index is -0.211. The van der Waals surface area contributed by atoms with Gasteiger partial charge in [-0.05, 0) is 49.1 Å². The van der Waals surface area contributed by atoms with E-state index >= 15 is 0 Å². The monoisotopic (exact) mass is 378 g/mol. The lowest BCUT2D eigenvalue weighted by atomic mass is 10.0. The van der Waals surface area contributed by atoms with Crippen LogP contribution in [0.1, 0.15) is 58.9 Å². The van der Waals surface area contributed by atoms with Crippen LogP contribution in [0, 0.1) is 0 Å². The van der Waals surface area contributed by atoms with Crippen LogP contribution in [0.5, 0.6) is 0 Å². The van der Waals surface area contributed by atoms with Crippen LogP contribution in [0.25, 0.3) is 0 Å². The number of nitrogens with zero attached hydrogens (tertiary/aromatic N) is 1. The first kappa shape index (κ1) is 19.8. The normalized spacial score (nSPS) is 13.4. The third-order valence-electron chi connectivity index (χ3n) is 5.07. The minimum Gasteiger partial charge on any atom is -0.339 e. The van der Waals surface area contributed by atoms with E-state index < -0.39 is 0 Å². The maximum absolute atomic E-state index is 12.3. The number of benzene rings is 2. The van der Waals surface area contributed by atoms with Gasteiger partial charge in [-0.3, -0.25) is 14.4 Å². The topological polar surface area (TPSA) is 66.5 Å². The predicted molar refractivity (Wildman–Crippen MR) is 110 cm³/mol. The van der Waals surface area contributed by atoms with Crippen LogP contribution >= 0.6 is 0 Å². The number of rotatable bonds is 7. The maximum atomic E-state index is 12.3. The number of nitrogens with one attached hydrogen (secondary N) is 1. The number of aryl methyl sites for hydroxylation is 1. The molecule has 1 saturated heterocycles. The molecule has 0 radical (unpaired) electrons. The van der Waals surface area contributed by atoms with Crippen molar-refractivity contribution in [3.05, 3.63) is 65.2 Å². The Morgan fingerprint density at radius 2 is 1.46 bits per heavy atom. The van der Waals surface area contributed by atoms with E-state index in [0.29, 0.717) is 16.8 Å². The van der Waals surface area contributed by atoms with Gasteiger partial charge in [0.25, 0.3) is 5.91 Å². The second-order valence-electron chi connectivity index (χ2n) is 7.10. The molecule has 1 heterocycles. The lowest BCUT2D eigenvalue weighted by Gasteiger charge is -2.15. The van der Waals surface area contributed by atoms with Gasteiger partial charge >= 0.3 is 0 Å². The summed E-state index contributed by atoms with van der Waals surface area (Å²) in [4.78, 5) is 38.6. The number of anilines is 1. The Morgan fingerprint density at radius 3 is 2.07 bits per heavy atom. The van der Waals surface area contributed by atoms with Crippen LogP contribution < -0.4 is 5.32 Å². The van der Waals surface area contributed by atoms with E-state index in [-0.39, 0.29) is 30.4 Å². The van der Waals surface area contributed by atoms with Crippen molar-refractivity contribution in [2.75, 3.05) is 18.4 Å². The average molecular weight is 378 g/mol. The van der Waals surface area contributed by atoms with Crippen molar-refractivity contribution in [3.63, 3.8) is 0 Å². The van der Waals surface area contributed by atoms with Crippen molar-refractivity contribution < 1.29 is 14.4 Å². The fourth-order valence-corrected chi connectivity index (χ4v) is 3.32. The highest BCUT2D eigenvalue weighted by Crippen LogP contribution is 2.16. The number of carbonyl (C=O) groups is 3. The molecule has 3 rings (SSSR count). The summed E-state index contributed by atoms with van der Waals surface area (Å²) in [6.45, 7) is 3.69. The van der Waals surface area contributed by atoms with E-state index in [9.17, 15) is 14.4 Å². The zero-order valence-electron chi connectivity index (χ0n) is 16.2. The standard InChI is InChI=1S/C23H26N2O3/c1-2-17-5-7-18(8-6-17)21(26)13-14-22(27)24-20-11-9-19(10-12-20)23(28)25-15-3-4-16-25/h5-12H,2-4,13-16H2,1H3,(H,24,27). The number of likely N-dealkylation sites (tertiary alicyclic amines) is 1. The fourth-order valence-electron chi connectivity index (χ4n) is 3.32. The molecule has 0 unspecified atom stereocenters. The molecule has 5 heteroatoms. The summed E-state index contributed by atoms with van der Waals surface area (Å²) < 4.78 is 0. The van der Waals surface area contributed by atoms with E-state index in [2.05, 4.69) is 12.2 Å². The lowest BCUT2D eigenvalue weighted by Crippen LogP contribution is -2.27. The summed E-state index contributed by atoms with van der Waals surface area (Å²) in [5, 5.41) is 2.79. The molecule has 28 heavy (non-hydrogen) atoms. The Morgan fingerprint density at radius 1 is 0.857 bits per heavy atom. The molecule has 2 aromatic rings. The van der Waals surface area contributed by atoms with Crippen molar-refractivity contribution in [2.24, 2.45) is 0 Å². The zero-order chi connectivity index (χ0) is 19.9. The van der Waals surface area contributed by atoms with Crippen molar-refractivity contribution in [1.29, 1.82) is 0 Å².